The highest BCUT2D eigenvalue weighted by Gasteiger charge is 2.23. The summed E-state index contributed by atoms with van der Waals surface area (Å²) in [5.41, 5.74) is 4.78. The van der Waals surface area contributed by atoms with Crippen LogP contribution in [-0.2, 0) is 7.05 Å². The van der Waals surface area contributed by atoms with Crippen molar-refractivity contribution in [1.29, 1.82) is 0 Å². The first-order valence-corrected chi connectivity index (χ1v) is 8.11. The summed E-state index contributed by atoms with van der Waals surface area (Å²) in [6, 6.07) is 16.3. The maximum absolute atomic E-state index is 7.80. The second-order valence-electron chi connectivity index (χ2n) is 6.21. The molecule has 2 aromatic heterocycles. The minimum absolute atomic E-state index is 0.568. The Morgan fingerprint density at radius 2 is 1.72 bits per heavy atom. The number of aryl methyl sites for hydroxylation is 1. The highest BCUT2D eigenvalue weighted by atomic mass is 16.5. The number of rotatable bonds is 1. The Bertz CT molecular complexity index is 1350. The van der Waals surface area contributed by atoms with E-state index in [1.165, 1.54) is 0 Å². The monoisotopic (exact) mass is 325 g/mol. The fourth-order valence-electron chi connectivity index (χ4n) is 4.02. The van der Waals surface area contributed by atoms with Crippen LogP contribution in [0.1, 0.15) is 0 Å². The molecule has 0 spiro atoms. The largest absolute Gasteiger partial charge is 0.507 e. The van der Waals surface area contributed by atoms with Crippen LogP contribution < -0.4 is 4.74 Å². The van der Waals surface area contributed by atoms with E-state index in [0.717, 1.165) is 43.6 Å². The molecule has 25 heavy (non-hydrogen) atoms. The summed E-state index contributed by atoms with van der Waals surface area (Å²) in [7, 11) is 3.71. The van der Waals surface area contributed by atoms with Gasteiger partial charge in [-0.3, -0.25) is 0 Å². The number of aromatic nitrogens is 2. The molecule has 0 radical (unpaired) electrons. The van der Waals surface area contributed by atoms with Gasteiger partial charge in [0.1, 0.15) is 5.75 Å². The van der Waals surface area contributed by atoms with Crippen LogP contribution in [0.25, 0.3) is 48.5 Å². The molecule has 0 saturated heterocycles. The van der Waals surface area contributed by atoms with E-state index in [1.807, 2.05) is 30.3 Å². The number of para-hydroxylation sites is 2. The van der Waals surface area contributed by atoms with Gasteiger partial charge in [0.2, 0.25) is 5.69 Å². The molecule has 4 heteroatoms. The maximum Gasteiger partial charge on any atom is 0.238 e. The molecule has 0 atom stereocenters. The van der Waals surface area contributed by atoms with E-state index < -0.39 is 0 Å². The highest BCUT2D eigenvalue weighted by molar-refractivity contribution is 6.29. The van der Waals surface area contributed by atoms with Gasteiger partial charge in [0.25, 0.3) is 0 Å². The molecule has 0 aliphatic carbocycles. The number of nitrogens with zero attached hydrogens (tertiary/aromatic N) is 2. The van der Waals surface area contributed by atoms with Gasteiger partial charge < -0.3 is 14.3 Å². The van der Waals surface area contributed by atoms with Gasteiger partial charge in [-0.2, -0.15) is 0 Å². The first-order valence-electron chi connectivity index (χ1n) is 8.11. The van der Waals surface area contributed by atoms with Crippen molar-refractivity contribution in [2.24, 2.45) is 7.05 Å². The van der Waals surface area contributed by atoms with E-state index in [2.05, 4.69) is 39.6 Å². The number of aromatic amines is 1. The first-order chi connectivity index (χ1) is 12.3. The number of hydrogen-bond donors (Lipinski definition) is 1. The molecule has 2 heterocycles. The highest BCUT2D eigenvalue weighted by Crippen LogP contribution is 2.49. The second-order valence-corrected chi connectivity index (χ2v) is 6.21. The normalized spacial score (nSPS) is 11.6. The summed E-state index contributed by atoms with van der Waals surface area (Å²) in [6.45, 7) is 7.80. The van der Waals surface area contributed by atoms with Crippen LogP contribution in [0, 0.1) is 6.57 Å². The Labute approximate surface area is 144 Å². The minimum atomic E-state index is 0.568. The first kappa shape index (κ1) is 13.9. The number of benzene rings is 3. The summed E-state index contributed by atoms with van der Waals surface area (Å²) in [4.78, 5) is 7.38. The van der Waals surface area contributed by atoms with Gasteiger partial charge in [-0.25, -0.2) is 4.85 Å². The average Bonchev–Trinajstić information content (AvgIpc) is 3.17. The lowest BCUT2D eigenvalue weighted by molar-refractivity contribution is 0.423. The molecule has 0 amide bonds. The van der Waals surface area contributed by atoms with Crippen LogP contribution in [0.2, 0.25) is 0 Å². The summed E-state index contributed by atoms with van der Waals surface area (Å²) in [5.74, 6) is 0.652. The number of hydrogen-bond acceptors (Lipinski definition) is 1. The van der Waals surface area contributed by atoms with Crippen LogP contribution in [0.5, 0.6) is 5.75 Å². The standard InChI is InChI=1S/C21H15N3O/c1-22-19-16-12-8-4-6-10-14(12)23-18(16)20-17(21(19)25-3)13-9-5-7-11-15(13)24(20)2/h4-11,23H,2-3H3. The molecular formula is C21H15N3O. The third kappa shape index (κ3) is 1.60. The van der Waals surface area contributed by atoms with Crippen molar-refractivity contribution in [2.75, 3.05) is 7.11 Å². The lowest BCUT2D eigenvalue weighted by atomic mass is 10.0. The molecule has 0 unspecified atom stereocenters. The van der Waals surface area contributed by atoms with Gasteiger partial charge in [-0.15, -0.1) is 0 Å². The van der Waals surface area contributed by atoms with E-state index in [1.54, 1.807) is 7.11 Å². The summed E-state index contributed by atoms with van der Waals surface area (Å²) in [5, 5.41) is 4.07. The van der Waals surface area contributed by atoms with Gasteiger partial charge in [0.15, 0.2) is 0 Å². The van der Waals surface area contributed by atoms with Gasteiger partial charge in [-0.05, 0) is 17.5 Å². The SMILES string of the molecule is [C-]#[N+]c1c(OC)c2c3ccccc3n(C)c2c2[nH]c3ccccc3c12. The zero-order chi connectivity index (χ0) is 17.1. The summed E-state index contributed by atoms with van der Waals surface area (Å²) >= 11 is 0. The fourth-order valence-corrected chi connectivity index (χ4v) is 4.02. The third-order valence-corrected chi connectivity index (χ3v) is 5.04. The van der Waals surface area contributed by atoms with Crippen LogP contribution in [0.3, 0.4) is 0 Å². The van der Waals surface area contributed by atoms with E-state index in [4.69, 9.17) is 11.3 Å². The quantitative estimate of drug-likeness (QED) is 0.404. The molecule has 5 rings (SSSR count). The van der Waals surface area contributed by atoms with Crippen molar-refractivity contribution in [3.8, 4) is 5.75 Å². The molecule has 0 aliphatic rings. The third-order valence-electron chi connectivity index (χ3n) is 5.04. The van der Waals surface area contributed by atoms with Crippen molar-refractivity contribution in [2.45, 2.75) is 0 Å². The summed E-state index contributed by atoms with van der Waals surface area (Å²) in [6.07, 6.45) is 0. The number of H-pyrrole nitrogens is 1. The van der Waals surface area contributed by atoms with Crippen LogP contribution in [-0.4, -0.2) is 16.7 Å². The molecule has 0 aliphatic heterocycles. The molecule has 120 valence electrons. The molecule has 0 saturated carbocycles. The zero-order valence-corrected chi connectivity index (χ0v) is 13.9. The van der Waals surface area contributed by atoms with Crippen molar-refractivity contribution < 1.29 is 4.74 Å². The average molecular weight is 325 g/mol. The van der Waals surface area contributed by atoms with Crippen LogP contribution in [0.4, 0.5) is 5.69 Å². The Hall–Kier alpha value is -3.45. The van der Waals surface area contributed by atoms with Crippen LogP contribution >= 0.6 is 0 Å². The predicted octanol–water partition coefficient (Wildman–Crippen LogP) is 5.53. The molecule has 4 nitrogen and oxygen atoms in total. The van der Waals surface area contributed by atoms with Gasteiger partial charge in [-0.1, -0.05) is 36.4 Å². The van der Waals surface area contributed by atoms with Crippen molar-refractivity contribution in [3.05, 3.63) is 59.9 Å². The van der Waals surface area contributed by atoms with Crippen LogP contribution in [0.15, 0.2) is 48.5 Å². The molecular weight excluding hydrogens is 310 g/mol. The Morgan fingerprint density at radius 1 is 1.00 bits per heavy atom. The minimum Gasteiger partial charge on any atom is -0.507 e. The Balaban J connectivity index is 2.23. The zero-order valence-electron chi connectivity index (χ0n) is 13.9. The fraction of sp³-hybridized carbons (Fsp3) is 0.0952. The van der Waals surface area contributed by atoms with E-state index >= 15 is 0 Å². The number of methoxy groups -OCH3 is 1. The number of nitrogens with one attached hydrogen (secondary N) is 1. The Kier molecular flexibility index (Phi) is 2.66. The van der Waals surface area contributed by atoms with E-state index in [0.29, 0.717) is 11.4 Å². The molecule has 0 bridgehead atoms. The number of ether oxygens (including phenoxy) is 1. The van der Waals surface area contributed by atoms with E-state index in [-0.39, 0.29) is 0 Å². The Morgan fingerprint density at radius 3 is 2.48 bits per heavy atom. The maximum atomic E-state index is 7.80. The second kappa shape index (κ2) is 4.78. The lowest BCUT2D eigenvalue weighted by Gasteiger charge is -2.09. The molecule has 0 fully saturated rings. The predicted molar refractivity (Wildman–Crippen MR) is 103 cm³/mol. The van der Waals surface area contributed by atoms with Crippen molar-refractivity contribution >= 4 is 49.3 Å². The van der Waals surface area contributed by atoms with Gasteiger partial charge in [0, 0.05) is 34.2 Å². The summed E-state index contributed by atoms with van der Waals surface area (Å²) < 4.78 is 7.94. The van der Waals surface area contributed by atoms with Crippen molar-refractivity contribution in [3.63, 3.8) is 0 Å². The van der Waals surface area contributed by atoms with E-state index in [9.17, 15) is 0 Å². The topological polar surface area (TPSA) is 34.3 Å². The van der Waals surface area contributed by atoms with Gasteiger partial charge in [0.05, 0.1) is 24.7 Å². The number of fused-ring (bicyclic) bond motifs is 7. The smallest absolute Gasteiger partial charge is 0.238 e. The van der Waals surface area contributed by atoms with Crippen molar-refractivity contribution in [1.82, 2.24) is 9.55 Å². The van der Waals surface area contributed by atoms with Gasteiger partial charge >= 0.3 is 0 Å². The lowest BCUT2D eigenvalue weighted by Crippen LogP contribution is -1.90. The molecule has 3 aromatic carbocycles. The molecule has 5 aromatic rings. The molecule has 1 N–H and O–H groups in total.